The first-order chi connectivity index (χ1) is 9.13. The van der Waals surface area contributed by atoms with Crippen molar-refractivity contribution in [1.29, 1.82) is 0 Å². The van der Waals surface area contributed by atoms with Crippen LogP contribution >= 0.6 is 22.9 Å². The number of para-hydroxylation sites is 1. The first-order valence-electron chi connectivity index (χ1n) is 6.74. The second-order valence-electron chi connectivity index (χ2n) is 5.29. The second-order valence-corrected chi connectivity index (χ2v) is 6.33. The van der Waals surface area contributed by atoms with E-state index >= 15 is 0 Å². The van der Waals surface area contributed by atoms with Crippen LogP contribution in [0.2, 0.25) is 0 Å². The molecule has 2 rings (SSSR count). The van der Waals surface area contributed by atoms with Gasteiger partial charge in [-0.15, -0.1) is 6.58 Å². The fourth-order valence-corrected chi connectivity index (χ4v) is 3.18. The monoisotopic (exact) mass is 368 g/mol. The van der Waals surface area contributed by atoms with E-state index in [9.17, 15) is 0 Å². The lowest BCUT2D eigenvalue weighted by Gasteiger charge is -2.19. The van der Waals surface area contributed by atoms with Crippen LogP contribution < -0.4 is 5.32 Å². The van der Waals surface area contributed by atoms with Crippen LogP contribution in [0.4, 0.5) is 0 Å². The number of nitrogens with zero attached hydrogens (tertiary/aromatic N) is 1. The summed E-state index contributed by atoms with van der Waals surface area (Å²) < 4.78 is 2.19. The molecule has 0 amide bonds. The smallest absolute Gasteiger partial charge is 0.0640 e. The molecule has 3 heteroatoms. The lowest BCUT2D eigenvalue weighted by molar-refractivity contribution is 0.447. The van der Waals surface area contributed by atoms with Crippen molar-refractivity contribution >= 4 is 33.8 Å². The summed E-state index contributed by atoms with van der Waals surface area (Å²) >= 11 is 2.35. The molecular weight excluding hydrogens is 347 g/mol. The summed E-state index contributed by atoms with van der Waals surface area (Å²) in [6.07, 6.45) is 5.31. The Bertz CT molecular complexity index is 557. The summed E-state index contributed by atoms with van der Waals surface area (Å²) in [5.41, 5.74) is 2.67. The number of hydrogen-bond donors (Lipinski definition) is 1. The summed E-state index contributed by atoms with van der Waals surface area (Å²) in [5.74, 6) is 0.665. The standard InChI is InChI=1S/C16H21IN2/c1-4-9-18-15(10-12(2)3)14-11-19(17)16-8-6-5-7-13(14)16/h4-8,11-12,15,18H,1,9-10H2,2-3H3. The third-order valence-corrected chi connectivity index (χ3v) is 4.09. The number of hydrogen-bond acceptors (Lipinski definition) is 1. The van der Waals surface area contributed by atoms with Gasteiger partial charge in [0.05, 0.1) is 28.4 Å². The Morgan fingerprint density at radius 1 is 1.37 bits per heavy atom. The number of benzene rings is 1. The van der Waals surface area contributed by atoms with Crippen molar-refractivity contribution in [3.05, 3.63) is 48.7 Å². The molecule has 1 heterocycles. The number of halogens is 1. The van der Waals surface area contributed by atoms with Gasteiger partial charge in [-0.3, -0.25) is 2.78 Å². The van der Waals surface area contributed by atoms with Crippen LogP contribution in [0.25, 0.3) is 10.9 Å². The number of aromatic nitrogens is 1. The minimum Gasteiger partial charge on any atom is -0.306 e. The van der Waals surface area contributed by atoms with Crippen LogP contribution in [0.1, 0.15) is 31.9 Å². The third kappa shape index (κ3) is 3.39. The molecule has 0 saturated carbocycles. The van der Waals surface area contributed by atoms with E-state index in [0.717, 1.165) is 13.0 Å². The molecule has 0 aliphatic carbocycles. The van der Waals surface area contributed by atoms with Gasteiger partial charge in [0, 0.05) is 24.2 Å². The van der Waals surface area contributed by atoms with Gasteiger partial charge in [0.15, 0.2) is 0 Å². The van der Waals surface area contributed by atoms with Gasteiger partial charge in [-0.05, 0) is 24.0 Å². The quantitative estimate of drug-likeness (QED) is 0.578. The second kappa shape index (κ2) is 6.57. The van der Waals surface area contributed by atoms with Crippen molar-refractivity contribution < 1.29 is 0 Å². The van der Waals surface area contributed by atoms with Gasteiger partial charge < -0.3 is 5.32 Å². The zero-order valence-electron chi connectivity index (χ0n) is 11.6. The first-order valence-corrected chi connectivity index (χ1v) is 7.70. The molecule has 1 N–H and O–H groups in total. The van der Waals surface area contributed by atoms with Crippen LogP contribution in [0.5, 0.6) is 0 Å². The largest absolute Gasteiger partial charge is 0.306 e. The highest BCUT2D eigenvalue weighted by Crippen LogP contribution is 2.31. The predicted molar refractivity (Wildman–Crippen MR) is 91.8 cm³/mol. The highest BCUT2D eigenvalue weighted by Gasteiger charge is 2.17. The highest BCUT2D eigenvalue weighted by molar-refractivity contribution is 14.1. The maximum Gasteiger partial charge on any atom is 0.0640 e. The average molecular weight is 368 g/mol. The molecule has 0 radical (unpaired) electrons. The summed E-state index contributed by atoms with van der Waals surface area (Å²) in [7, 11) is 0. The molecule has 0 saturated heterocycles. The summed E-state index contributed by atoms with van der Waals surface area (Å²) in [4.78, 5) is 0. The van der Waals surface area contributed by atoms with E-state index < -0.39 is 0 Å². The highest BCUT2D eigenvalue weighted by atomic mass is 127. The molecule has 0 fully saturated rings. The Kier molecular flexibility index (Phi) is 5.05. The Morgan fingerprint density at radius 3 is 2.79 bits per heavy atom. The normalized spacial score (nSPS) is 13.1. The molecule has 2 aromatic rings. The fourth-order valence-electron chi connectivity index (χ4n) is 2.46. The Morgan fingerprint density at radius 2 is 2.11 bits per heavy atom. The average Bonchev–Trinajstić information content (AvgIpc) is 2.72. The molecular formula is C16H21IN2. The van der Waals surface area contributed by atoms with Crippen LogP contribution in [0.3, 0.4) is 0 Å². The van der Waals surface area contributed by atoms with Gasteiger partial charge in [0.25, 0.3) is 0 Å². The van der Waals surface area contributed by atoms with E-state index in [1.807, 2.05) is 6.08 Å². The molecule has 19 heavy (non-hydrogen) atoms. The first kappa shape index (κ1) is 14.6. The maximum absolute atomic E-state index is 3.80. The zero-order chi connectivity index (χ0) is 13.8. The van der Waals surface area contributed by atoms with Crippen molar-refractivity contribution in [2.75, 3.05) is 6.54 Å². The van der Waals surface area contributed by atoms with Gasteiger partial charge in [-0.2, -0.15) is 0 Å². The lowest BCUT2D eigenvalue weighted by Crippen LogP contribution is -2.22. The van der Waals surface area contributed by atoms with E-state index in [2.05, 4.69) is 81.9 Å². The van der Waals surface area contributed by atoms with E-state index in [1.165, 1.54) is 16.5 Å². The molecule has 2 nitrogen and oxygen atoms in total. The summed E-state index contributed by atoms with van der Waals surface area (Å²) in [6.45, 7) is 9.19. The van der Waals surface area contributed by atoms with Crippen molar-refractivity contribution in [2.24, 2.45) is 5.92 Å². The van der Waals surface area contributed by atoms with E-state index in [4.69, 9.17) is 0 Å². The van der Waals surface area contributed by atoms with Crippen molar-refractivity contribution in [1.82, 2.24) is 8.10 Å². The van der Waals surface area contributed by atoms with Crippen molar-refractivity contribution in [3.63, 3.8) is 0 Å². The molecule has 102 valence electrons. The molecule has 1 atom stereocenters. The third-order valence-electron chi connectivity index (χ3n) is 3.29. The molecule has 1 unspecified atom stereocenters. The Balaban J connectivity index is 2.40. The van der Waals surface area contributed by atoms with Crippen LogP contribution in [-0.2, 0) is 0 Å². The number of nitrogens with one attached hydrogen (secondary N) is 1. The van der Waals surface area contributed by atoms with E-state index in [-0.39, 0.29) is 0 Å². The lowest BCUT2D eigenvalue weighted by atomic mass is 9.96. The minimum atomic E-state index is 0.388. The van der Waals surface area contributed by atoms with Gasteiger partial charge in [-0.1, -0.05) is 38.1 Å². The molecule has 0 bridgehead atoms. The van der Waals surface area contributed by atoms with Crippen molar-refractivity contribution in [2.45, 2.75) is 26.3 Å². The molecule has 1 aromatic carbocycles. The Hall–Kier alpha value is -0.810. The van der Waals surface area contributed by atoms with Crippen LogP contribution in [0, 0.1) is 5.92 Å². The zero-order valence-corrected chi connectivity index (χ0v) is 13.7. The van der Waals surface area contributed by atoms with Gasteiger partial charge in [0.1, 0.15) is 0 Å². The van der Waals surface area contributed by atoms with Gasteiger partial charge >= 0.3 is 0 Å². The van der Waals surface area contributed by atoms with Crippen LogP contribution in [-0.4, -0.2) is 9.33 Å². The summed E-state index contributed by atoms with van der Waals surface area (Å²) in [6, 6.07) is 8.98. The maximum atomic E-state index is 3.80. The topological polar surface area (TPSA) is 17.0 Å². The summed E-state index contributed by atoms with van der Waals surface area (Å²) in [5, 5.41) is 4.93. The number of fused-ring (bicyclic) bond motifs is 1. The van der Waals surface area contributed by atoms with E-state index in [1.54, 1.807) is 0 Å². The van der Waals surface area contributed by atoms with Crippen LogP contribution in [0.15, 0.2) is 43.1 Å². The molecule has 0 aliphatic heterocycles. The molecule has 0 spiro atoms. The SMILES string of the molecule is C=CCNC(CC(C)C)c1cn(I)c2ccccc12. The molecule has 0 aliphatic rings. The van der Waals surface area contributed by atoms with Crippen molar-refractivity contribution in [3.8, 4) is 0 Å². The van der Waals surface area contributed by atoms with E-state index in [0.29, 0.717) is 12.0 Å². The minimum absolute atomic E-state index is 0.388. The van der Waals surface area contributed by atoms with Gasteiger partial charge in [-0.25, -0.2) is 0 Å². The predicted octanol–water partition coefficient (Wildman–Crippen LogP) is 4.70. The van der Waals surface area contributed by atoms with Gasteiger partial charge in [0.2, 0.25) is 0 Å². The fraction of sp³-hybridized carbons (Fsp3) is 0.375. The Labute approximate surface area is 129 Å². The number of rotatable bonds is 6. The molecule has 1 aromatic heterocycles.